The van der Waals surface area contributed by atoms with Gasteiger partial charge in [0.2, 0.25) is 0 Å². The van der Waals surface area contributed by atoms with Crippen molar-refractivity contribution in [2.45, 2.75) is 59.1 Å². The number of aldehydes is 1. The van der Waals surface area contributed by atoms with E-state index >= 15 is 0 Å². The molecular weight excluding hydrogens is 569 g/mol. The van der Waals surface area contributed by atoms with Crippen LogP contribution in [0.4, 0.5) is 14.9 Å². The Labute approximate surface area is 256 Å². The van der Waals surface area contributed by atoms with Gasteiger partial charge in [-0.3, -0.25) is 19.4 Å². The predicted molar refractivity (Wildman–Crippen MR) is 166 cm³/mol. The van der Waals surface area contributed by atoms with E-state index in [1.54, 1.807) is 12.1 Å². The van der Waals surface area contributed by atoms with E-state index in [9.17, 15) is 23.6 Å². The van der Waals surface area contributed by atoms with E-state index in [-0.39, 0.29) is 30.6 Å². The Morgan fingerprint density at radius 1 is 1.20 bits per heavy atom. The highest BCUT2D eigenvalue weighted by molar-refractivity contribution is 5.95. The third-order valence-corrected chi connectivity index (χ3v) is 6.78. The molecular formula is C31H42FN7O5. The van der Waals surface area contributed by atoms with Crippen molar-refractivity contribution in [3.8, 4) is 0 Å². The molecule has 2 amide bonds. The third-order valence-electron chi connectivity index (χ3n) is 6.78. The highest BCUT2D eigenvalue weighted by Gasteiger charge is 2.25. The first-order chi connectivity index (χ1) is 20.8. The zero-order valence-corrected chi connectivity index (χ0v) is 26.4. The highest BCUT2D eigenvalue weighted by Crippen LogP contribution is 2.21. The minimum absolute atomic E-state index is 0.00510. The van der Waals surface area contributed by atoms with Gasteiger partial charge < -0.3 is 29.4 Å². The number of allylic oxidation sites excluding steroid dienone is 1. The van der Waals surface area contributed by atoms with Crippen LogP contribution in [0.1, 0.15) is 50.8 Å². The minimum atomic E-state index is -1.22. The Hall–Kier alpha value is -4.39. The monoisotopic (exact) mass is 611 g/mol. The largest absolute Gasteiger partial charge is 0.436 e. The van der Waals surface area contributed by atoms with Crippen LogP contribution in [0, 0.1) is 11.7 Å². The molecule has 0 saturated heterocycles. The average molecular weight is 612 g/mol. The van der Waals surface area contributed by atoms with E-state index in [0.717, 1.165) is 12.5 Å². The quantitative estimate of drug-likeness (QED) is 0.208. The van der Waals surface area contributed by atoms with Gasteiger partial charge in [0.15, 0.2) is 11.9 Å². The van der Waals surface area contributed by atoms with E-state index in [1.165, 1.54) is 29.6 Å². The number of imidazole rings is 1. The van der Waals surface area contributed by atoms with Crippen LogP contribution < -0.4 is 10.9 Å². The summed E-state index contributed by atoms with van der Waals surface area (Å²) in [6.45, 7) is 6.40. The smallest absolute Gasteiger partial charge is 0.410 e. The summed E-state index contributed by atoms with van der Waals surface area (Å²) in [7, 11) is 6.65. The van der Waals surface area contributed by atoms with Gasteiger partial charge in [0, 0.05) is 31.9 Å². The fourth-order valence-corrected chi connectivity index (χ4v) is 4.64. The number of amides is 2. The van der Waals surface area contributed by atoms with Crippen LogP contribution in [-0.4, -0.2) is 88.4 Å². The molecule has 13 heteroatoms. The van der Waals surface area contributed by atoms with Crippen LogP contribution in [0.2, 0.25) is 0 Å². The summed E-state index contributed by atoms with van der Waals surface area (Å²) in [5.41, 5.74) is 2.04. The molecule has 0 spiro atoms. The maximum absolute atomic E-state index is 14.6. The molecule has 0 aliphatic heterocycles. The van der Waals surface area contributed by atoms with Gasteiger partial charge in [-0.25, -0.2) is 14.2 Å². The number of carbonyl (C=O) groups is 3. The summed E-state index contributed by atoms with van der Waals surface area (Å²) in [5.74, 6) is -0.587. The lowest BCUT2D eigenvalue weighted by Crippen LogP contribution is -2.38. The number of nitrogens with zero attached hydrogens (tertiary/aromatic N) is 5. The normalized spacial score (nSPS) is 12.5. The van der Waals surface area contributed by atoms with Crippen molar-refractivity contribution >= 4 is 35.0 Å². The van der Waals surface area contributed by atoms with Crippen LogP contribution in [0.5, 0.6) is 0 Å². The van der Waals surface area contributed by atoms with Crippen molar-refractivity contribution in [2.24, 2.45) is 5.92 Å². The lowest BCUT2D eigenvalue weighted by molar-refractivity contribution is -0.124. The summed E-state index contributed by atoms with van der Waals surface area (Å²) >= 11 is 0. The second kappa shape index (κ2) is 15.4. The van der Waals surface area contributed by atoms with Crippen LogP contribution in [-0.2, 0) is 33.7 Å². The van der Waals surface area contributed by atoms with E-state index in [2.05, 4.69) is 20.3 Å². The number of halogens is 1. The van der Waals surface area contributed by atoms with Gasteiger partial charge in [-0.1, -0.05) is 26.8 Å². The molecule has 3 aromatic rings. The Balaban J connectivity index is 1.90. The number of H-pyrrole nitrogens is 1. The van der Waals surface area contributed by atoms with E-state index < -0.39 is 29.5 Å². The van der Waals surface area contributed by atoms with Crippen LogP contribution in [0.25, 0.3) is 11.0 Å². The lowest BCUT2D eigenvalue weighted by Gasteiger charge is -2.20. The topological polar surface area (TPSA) is 143 Å². The van der Waals surface area contributed by atoms with Gasteiger partial charge in [-0.15, -0.1) is 0 Å². The number of carbonyl (C=O) groups excluding carboxylic acids is 3. The van der Waals surface area contributed by atoms with Crippen LogP contribution >= 0.6 is 0 Å². The molecule has 0 saturated carbocycles. The highest BCUT2D eigenvalue weighted by atomic mass is 19.1. The predicted octanol–water partition coefficient (Wildman–Crippen LogP) is 3.54. The van der Waals surface area contributed by atoms with E-state index in [4.69, 9.17) is 4.74 Å². The summed E-state index contributed by atoms with van der Waals surface area (Å²) in [5, 5.41) is 2.62. The van der Waals surface area contributed by atoms with Crippen molar-refractivity contribution in [3.05, 3.63) is 63.4 Å². The fraction of sp³-hybridized carbons (Fsp3) is 0.484. The first-order valence-electron chi connectivity index (χ1n) is 14.6. The van der Waals surface area contributed by atoms with Gasteiger partial charge >= 0.3 is 6.09 Å². The second-order valence-corrected chi connectivity index (χ2v) is 11.5. The molecule has 3 rings (SSSR count). The van der Waals surface area contributed by atoms with Crippen molar-refractivity contribution in [1.29, 1.82) is 0 Å². The SMILES string of the molecule is CCc1ccc(NC(=O)[C@H](CC/C=C(\C=O)CN(C)C)OC(=O)N(C)C)c(=O)n1Cc1nc2c(F)cnc(CC(C)C)c2[nH]1. The number of anilines is 1. The molecule has 2 N–H and O–H groups in total. The molecule has 0 aromatic carbocycles. The fourth-order valence-electron chi connectivity index (χ4n) is 4.64. The first-order valence-corrected chi connectivity index (χ1v) is 14.6. The van der Waals surface area contributed by atoms with Gasteiger partial charge in [-0.2, -0.15) is 0 Å². The number of nitrogens with one attached hydrogen (secondary N) is 2. The van der Waals surface area contributed by atoms with Crippen LogP contribution in [0.15, 0.2) is 34.8 Å². The second-order valence-electron chi connectivity index (χ2n) is 11.5. The number of fused-ring (bicyclic) bond motifs is 1. The zero-order chi connectivity index (χ0) is 32.6. The zero-order valence-electron chi connectivity index (χ0n) is 26.4. The van der Waals surface area contributed by atoms with Crippen LogP contribution in [0.3, 0.4) is 0 Å². The number of likely N-dealkylation sites (N-methyl/N-ethyl adjacent to an activating group) is 1. The number of hydrogen-bond acceptors (Lipinski definition) is 8. The van der Waals surface area contributed by atoms with Crippen molar-refractivity contribution in [1.82, 2.24) is 29.3 Å². The summed E-state index contributed by atoms with van der Waals surface area (Å²) in [6, 6.07) is 3.22. The molecule has 1 atom stereocenters. The standard InChI is InChI=1S/C31H42FN7O5/c1-8-21-12-13-23(34-29(41)25(44-31(43)38(6)7)11-9-10-20(18-40)16-37(4)5)30(42)39(21)17-26-35-27-22(32)15-33-24(14-19(2)3)28(27)36-26/h10,12-13,15,18-19,25H,8-9,11,14,16-17H2,1-7H3,(H,34,41)(H,35,36)/b20-10-/t25-/m0/s1. The molecule has 238 valence electrons. The number of ether oxygens (including phenoxy) is 1. The number of aromatic amines is 1. The molecule has 0 fully saturated rings. The number of rotatable bonds is 14. The van der Waals surface area contributed by atoms with Gasteiger partial charge in [0.1, 0.15) is 23.3 Å². The number of pyridine rings is 2. The van der Waals surface area contributed by atoms with Gasteiger partial charge in [-0.05, 0) is 57.8 Å². The number of aromatic nitrogens is 4. The summed E-state index contributed by atoms with van der Waals surface area (Å²) < 4.78 is 21.5. The molecule has 0 unspecified atom stereocenters. The average Bonchev–Trinajstić information content (AvgIpc) is 3.40. The summed E-state index contributed by atoms with van der Waals surface area (Å²) in [6.07, 6.45) is 3.17. The Kier molecular flexibility index (Phi) is 11.9. The molecule has 3 aromatic heterocycles. The maximum Gasteiger partial charge on any atom is 0.410 e. The third kappa shape index (κ3) is 8.82. The Morgan fingerprint density at radius 2 is 1.93 bits per heavy atom. The molecule has 0 aliphatic rings. The number of hydrogen-bond donors (Lipinski definition) is 2. The lowest BCUT2D eigenvalue weighted by atomic mass is 10.1. The first kappa shape index (κ1) is 34.1. The van der Waals surface area contributed by atoms with Gasteiger partial charge in [0.05, 0.1) is 24.0 Å². The Bertz CT molecular complexity index is 1580. The van der Waals surface area contributed by atoms with Crippen molar-refractivity contribution < 1.29 is 23.5 Å². The molecule has 12 nitrogen and oxygen atoms in total. The van der Waals surface area contributed by atoms with E-state index in [1.807, 2.05) is 39.8 Å². The molecule has 44 heavy (non-hydrogen) atoms. The molecule has 0 bridgehead atoms. The Morgan fingerprint density at radius 3 is 2.55 bits per heavy atom. The van der Waals surface area contributed by atoms with Crippen molar-refractivity contribution in [2.75, 3.05) is 40.1 Å². The molecule has 0 radical (unpaired) electrons. The summed E-state index contributed by atoms with van der Waals surface area (Å²) in [4.78, 5) is 65.5. The van der Waals surface area contributed by atoms with E-state index in [0.29, 0.717) is 53.6 Å². The number of aryl methyl sites for hydroxylation is 1. The maximum atomic E-state index is 14.6. The van der Waals surface area contributed by atoms with Gasteiger partial charge in [0.25, 0.3) is 11.5 Å². The van der Waals surface area contributed by atoms with Crippen molar-refractivity contribution in [3.63, 3.8) is 0 Å². The molecule has 3 heterocycles. The minimum Gasteiger partial charge on any atom is -0.436 e. The molecule has 0 aliphatic carbocycles.